The lowest BCUT2D eigenvalue weighted by Gasteiger charge is -2.21. The van der Waals surface area contributed by atoms with E-state index in [2.05, 4.69) is 25.6 Å². The van der Waals surface area contributed by atoms with Crippen molar-refractivity contribution in [3.8, 4) is 11.6 Å². The molecule has 5 aromatic rings. The molecule has 0 unspecified atom stereocenters. The van der Waals surface area contributed by atoms with Crippen molar-refractivity contribution in [3.63, 3.8) is 0 Å². The molecule has 1 aromatic carbocycles. The van der Waals surface area contributed by atoms with Gasteiger partial charge in [0.05, 0.1) is 31.2 Å². The van der Waals surface area contributed by atoms with E-state index in [1.807, 2.05) is 49.3 Å². The Morgan fingerprint density at radius 1 is 1.13 bits per heavy atom. The lowest BCUT2D eigenvalue weighted by molar-refractivity contribution is 0.0949. The molecule has 45 heavy (non-hydrogen) atoms. The molecule has 1 aliphatic carbocycles. The number of fused-ring (bicyclic) bond motifs is 3. The molecule has 12 nitrogen and oxygen atoms in total. The SMILES string of the molecule is COc1ccc(CN2CCc3c(Nc4cccn(-c5ccc(N(C)C)cn5)c4=O)nc4c(C(=O)N[C@@H]5C[C@@H]5F)cnn4c32)cc1. The summed E-state index contributed by atoms with van der Waals surface area (Å²) in [6.07, 6.45) is 4.72. The van der Waals surface area contributed by atoms with Gasteiger partial charge in [-0.2, -0.15) is 9.61 Å². The molecule has 1 fully saturated rings. The van der Waals surface area contributed by atoms with Crippen LogP contribution in [-0.4, -0.2) is 70.0 Å². The first-order valence-electron chi connectivity index (χ1n) is 14.7. The van der Waals surface area contributed by atoms with Crippen LogP contribution >= 0.6 is 0 Å². The molecule has 13 heteroatoms. The number of carbonyl (C=O) groups excluding carboxylic acids is 1. The zero-order valence-corrected chi connectivity index (χ0v) is 25.1. The Bertz CT molecular complexity index is 1950. The average Bonchev–Trinajstić information content (AvgIpc) is 3.37. The summed E-state index contributed by atoms with van der Waals surface area (Å²) < 4.78 is 22.1. The Labute approximate surface area is 258 Å². The number of hydrogen-bond donors (Lipinski definition) is 2. The highest BCUT2D eigenvalue weighted by Crippen LogP contribution is 2.36. The minimum Gasteiger partial charge on any atom is -0.497 e. The summed E-state index contributed by atoms with van der Waals surface area (Å²) in [7, 11) is 5.48. The quantitative estimate of drug-likeness (QED) is 0.259. The van der Waals surface area contributed by atoms with Crippen LogP contribution in [0.4, 0.5) is 27.4 Å². The molecule has 0 saturated heterocycles. The number of nitrogens with zero attached hydrogens (tertiary/aromatic N) is 7. The summed E-state index contributed by atoms with van der Waals surface area (Å²) in [5, 5.41) is 10.5. The summed E-state index contributed by atoms with van der Waals surface area (Å²) in [6.45, 7) is 1.25. The van der Waals surface area contributed by atoms with Crippen LogP contribution in [0.3, 0.4) is 0 Å². The number of halogens is 1. The van der Waals surface area contributed by atoms with E-state index in [-0.39, 0.29) is 11.1 Å². The number of anilines is 4. The fourth-order valence-electron chi connectivity index (χ4n) is 5.53. The van der Waals surface area contributed by atoms with Gasteiger partial charge in [-0.3, -0.25) is 14.2 Å². The molecule has 230 valence electrons. The van der Waals surface area contributed by atoms with E-state index in [4.69, 9.17) is 9.72 Å². The lowest BCUT2D eigenvalue weighted by Crippen LogP contribution is -2.27. The molecule has 2 N–H and O–H groups in total. The predicted octanol–water partition coefficient (Wildman–Crippen LogP) is 3.50. The van der Waals surface area contributed by atoms with E-state index in [1.165, 1.54) is 10.8 Å². The van der Waals surface area contributed by atoms with Crippen LogP contribution in [0.1, 0.15) is 27.9 Å². The van der Waals surface area contributed by atoms with Crippen LogP contribution < -0.4 is 30.7 Å². The molecule has 1 aliphatic heterocycles. The summed E-state index contributed by atoms with van der Waals surface area (Å²) in [6, 6.07) is 14.5. The summed E-state index contributed by atoms with van der Waals surface area (Å²) >= 11 is 0. The Balaban J connectivity index is 1.28. The van der Waals surface area contributed by atoms with Gasteiger partial charge >= 0.3 is 0 Å². The molecule has 0 spiro atoms. The molecule has 1 amide bonds. The van der Waals surface area contributed by atoms with Crippen molar-refractivity contribution in [1.29, 1.82) is 0 Å². The fourth-order valence-corrected chi connectivity index (χ4v) is 5.53. The van der Waals surface area contributed by atoms with E-state index in [9.17, 15) is 14.0 Å². The van der Waals surface area contributed by atoms with Crippen LogP contribution in [0, 0.1) is 0 Å². The standard InChI is InChI=1S/C32H32FN9O3/c1-39(2)20-8-11-27(34-16-20)41-13-4-5-25(32(41)44)36-28-22-12-14-40(18-19-6-9-21(45-3)10-7-19)31(22)42-29(38-28)23(17-35-42)30(43)37-26-15-24(26)33/h4-11,13,16-17,24,26H,12,14-15,18H2,1-3H3,(H,36,38)(H,37,43)/t24-,26+/m0/s1. The maximum absolute atomic E-state index is 13.7. The van der Waals surface area contributed by atoms with Crippen LogP contribution in [-0.2, 0) is 13.0 Å². The number of rotatable bonds is 9. The van der Waals surface area contributed by atoms with Gasteiger partial charge in [0, 0.05) is 45.4 Å². The maximum Gasteiger partial charge on any atom is 0.279 e. The topological polar surface area (TPSA) is 122 Å². The highest BCUT2D eigenvalue weighted by molar-refractivity contribution is 6.00. The van der Waals surface area contributed by atoms with E-state index in [0.717, 1.165) is 28.4 Å². The van der Waals surface area contributed by atoms with Crippen LogP contribution in [0.15, 0.2) is 71.9 Å². The molecule has 4 aromatic heterocycles. The minimum atomic E-state index is -1.04. The van der Waals surface area contributed by atoms with Gasteiger partial charge in [-0.25, -0.2) is 14.4 Å². The Morgan fingerprint density at radius 2 is 1.93 bits per heavy atom. The van der Waals surface area contributed by atoms with Crippen LogP contribution in [0.5, 0.6) is 5.75 Å². The maximum atomic E-state index is 13.7. The van der Waals surface area contributed by atoms with Crippen molar-refractivity contribution in [3.05, 3.63) is 94.2 Å². The largest absolute Gasteiger partial charge is 0.497 e. The van der Waals surface area contributed by atoms with Gasteiger partial charge in [-0.05, 0) is 48.4 Å². The van der Waals surface area contributed by atoms with Crippen molar-refractivity contribution >= 4 is 34.6 Å². The van der Waals surface area contributed by atoms with Gasteiger partial charge in [0.15, 0.2) is 5.65 Å². The van der Waals surface area contributed by atoms with Gasteiger partial charge in [-0.15, -0.1) is 0 Å². The second-order valence-electron chi connectivity index (χ2n) is 11.4. The molecular weight excluding hydrogens is 577 g/mol. The normalized spacial score (nSPS) is 16.8. The molecule has 1 saturated carbocycles. The number of alkyl halides is 1. The summed E-state index contributed by atoms with van der Waals surface area (Å²) in [4.78, 5) is 40.3. The van der Waals surface area contributed by atoms with Gasteiger partial charge < -0.3 is 25.2 Å². The van der Waals surface area contributed by atoms with Gasteiger partial charge in [-0.1, -0.05) is 12.1 Å². The first-order valence-corrected chi connectivity index (χ1v) is 14.7. The highest BCUT2D eigenvalue weighted by Gasteiger charge is 2.39. The number of ether oxygens (including phenoxy) is 1. The number of carbonyl (C=O) groups is 1. The van der Waals surface area contributed by atoms with E-state index in [1.54, 1.807) is 42.2 Å². The second kappa shape index (κ2) is 11.2. The number of aromatic nitrogens is 5. The van der Waals surface area contributed by atoms with Crippen molar-refractivity contribution in [2.75, 3.05) is 42.9 Å². The van der Waals surface area contributed by atoms with Crippen LogP contribution in [0.2, 0.25) is 0 Å². The van der Waals surface area contributed by atoms with Crippen molar-refractivity contribution < 1.29 is 13.9 Å². The van der Waals surface area contributed by atoms with E-state index in [0.29, 0.717) is 48.9 Å². The number of hydrogen-bond acceptors (Lipinski definition) is 9. The highest BCUT2D eigenvalue weighted by atomic mass is 19.1. The number of methoxy groups -OCH3 is 1. The zero-order chi connectivity index (χ0) is 31.2. The van der Waals surface area contributed by atoms with Crippen LogP contribution in [0.25, 0.3) is 11.5 Å². The first kappa shape index (κ1) is 28.3. The third-order valence-corrected chi connectivity index (χ3v) is 8.15. The van der Waals surface area contributed by atoms with Crippen molar-refractivity contribution in [2.24, 2.45) is 0 Å². The zero-order valence-electron chi connectivity index (χ0n) is 25.1. The lowest BCUT2D eigenvalue weighted by atomic mass is 10.2. The van der Waals surface area contributed by atoms with Gasteiger partial charge in [0.2, 0.25) is 0 Å². The molecule has 7 rings (SSSR count). The van der Waals surface area contributed by atoms with E-state index >= 15 is 0 Å². The second-order valence-corrected chi connectivity index (χ2v) is 11.4. The summed E-state index contributed by atoms with van der Waals surface area (Å²) in [5.41, 5.74) is 3.37. The average molecular weight is 610 g/mol. The number of pyridine rings is 2. The molecule has 2 aliphatic rings. The molecular formula is C32H32FN9O3. The predicted molar refractivity (Wildman–Crippen MR) is 169 cm³/mol. The van der Waals surface area contributed by atoms with E-state index < -0.39 is 18.1 Å². The monoisotopic (exact) mass is 609 g/mol. The fraction of sp³-hybridized carbons (Fsp3) is 0.281. The Kier molecular flexibility index (Phi) is 7.07. The molecule has 5 heterocycles. The number of nitrogens with one attached hydrogen (secondary N) is 2. The Hall–Kier alpha value is -5.46. The van der Waals surface area contributed by atoms with Gasteiger partial charge in [0.1, 0.15) is 40.6 Å². The molecule has 0 radical (unpaired) electrons. The number of amides is 1. The molecule has 0 bridgehead atoms. The van der Waals surface area contributed by atoms with Gasteiger partial charge in [0.25, 0.3) is 11.5 Å². The third kappa shape index (κ3) is 5.30. The number of benzene rings is 1. The summed E-state index contributed by atoms with van der Waals surface area (Å²) in [5.74, 6) is 2.02. The Morgan fingerprint density at radius 3 is 2.62 bits per heavy atom. The first-order chi connectivity index (χ1) is 21.8. The molecule has 2 atom stereocenters. The minimum absolute atomic E-state index is 0.229. The van der Waals surface area contributed by atoms with Crippen molar-refractivity contribution in [2.45, 2.75) is 31.6 Å². The smallest absolute Gasteiger partial charge is 0.279 e. The third-order valence-electron chi connectivity index (χ3n) is 8.15. The van der Waals surface area contributed by atoms with Crippen molar-refractivity contribution in [1.82, 2.24) is 29.5 Å².